The maximum absolute atomic E-state index is 6.51. The van der Waals surface area contributed by atoms with Crippen molar-refractivity contribution in [2.45, 2.75) is 27.7 Å². The molecule has 0 amide bonds. The number of aryl methyl sites for hydroxylation is 4. The van der Waals surface area contributed by atoms with Gasteiger partial charge in [-0.25, -0.2) is 15.0 Å². The summed E-state index contributed by atoms with van der Waals surface area (Å²) in [4.78, 5) is 14.8. The summed E-state index contributed by atoms with van der Waals surface area (Å²) in [5.74, 6) is 0.736. The van der Waals surface area contributed by atoms with Crippen LogP contribution in [0.1, 0.15) is 22.5 Å². The van der Waals surface area contributed by atoms with E-state index in [9.17, 15) is 0 Å². The fourth-order valence-electron chi connectivity index (χ4n) is 5.68. The number of pyridine rings is 1. The molecule has 0 saturated carbocycles. The molecule has 0 aliphatic rings. The normalized spacial score (nSPS) is 11.8. The molecule has 7 aromatic rings. The van der Waals surface area contributed by atoms with Crippen LogP contribution >= 0.6 is 0 Å². The van der Waals surface area contributed by atoms with Crippen LogP contribution in [0.3, 0.4) is 0 Å². The van der Waals surface area contributed by atoms with Crippen molar-refractivity contribution >= 4 is 43.7 Å². The minimum Gasteiger partial charge on any atom is -0.437 e. The minimum atomic E-state index is 0.638. The zero-order valence-electron chi connectivity index (χ0n) is 21.3. The van der Waals surface area contributed by atoms with Gasteiger partial charge in [0.05, 0.1) is 16.9 Å². The number of fused-ring (bicyclic) bond motifs is 6. The van der Waals surface area contributed by atoms with Gasteiger partial charge in [0.15, 0.2) is 0 Å². The predicted octanol–water partition coefficient (Wildman–Crippen LogP) is 8.65. The highest BCUT2D eigenvalue weighted by atomic mass is 16.3. The van der Waals surface area contributed by atoms with Crippen molar-refractivity contribution in [1.82, 2.24) is 15.0 Å². The SMILES string of the molecule is Cc1nc(-c2cccc3c2oc2nc(-c4c(C)cccc4C)ccc23)c2cc(C)c3ccccc3c2n1. The quantitative estimate of drug-likeness (QED) is 0.233. The summed E-state index contributed by atoms with van der Waals surface area (Å²) in [6.07, 6.45) is 0. The van der Waals surface area contributed by atoms with E-state index in [0.29, 0.717) is 5.71 Å². The second kappa shape index (κ2) is 7.97. The smallest absolute Gasteiger partial charge is 0.227 e. The van der Waals surface area contributed by atoms with Gasteiger partial charge in [-0.05, 0) is 74.0 Å². The molecule has 0 bridgehead atoms. The summed E-state index contributed by atoms with van der Waals surface area (Å²) in [6.45, 7) is 8.35. The van der Waals surface area contributed by atoms with Crippen molar-refractivity contribution in [2.24, 2.45) is 0 Å². The fraction of sp³-hybridized carbons (Fsp3) is 0.121. The van der Waals surface area contributed by atoms with Crippen molar-refractivity contribution in [3.63, 3.8) is 0 Å². The van der Waals surface area contributed by atoms with E-state index in [1.807, 2.05) is 6.92 Å². The number of hydrogen-bond acceptors (Lipinski definition) is 4. The van der Waals surface area contributed by atoms with E-state index in [0.717, 1.165) is 61.0 Å². The summed E-state index contributed by atoms with van der Waals surface area (Å²) in [5, 5.41) is 5.42. The third-order valence-corrected chi connectivity index (χ3v) is 7.38. The molecule has 3 aromatic heterocycles. The van der Waals surface area contributed by atoms with Crippen LogP contribution in [-0.2, 0) is 0 Å². The number of nitrogens with zero attached hydrogens (tertiary/aromatic N) is 3. The number of aromatic nitrogens is 3. The molecule has 37 heavy (non-hydrogen) atoms. The Balaban J connectivity index is 1.52. The van der Waals surface area contributed by atoms with Crippen LogP contribution in [0.5, 0.6) is 0 Å². The Bertz CT molecular complexity index is 2010. The molecule has 0 fully saturated rings. The van der Waals surface area contributed by atoms with Gasteiger partial charge in [0.1, 0.15) is 11.4 Å². The Kier molecular flexibility index (Phi) is 4.67. The molecule has 0 saturated heterocycles. The largest absolute Gasteiger partial charge is 0.437 e. The summed E-state index contributed by atoms with van der Waals surface area (Å²) in [7, 11) is 0. The second-order valence-corrected chi connectivity index (χ2v) is 9.85. The average molecular weight is 480 g/mol. The molecule has 0 N–H and O–H groups in total. The maximum atomic E-state index is 6.51. The highest BCUT2D eigenvalue weighted by Gasteiger charge is 2.19. The lowest BCUT2D eigenvalue weighted by atomic mass is 9.97. The monoisotopic (exact) mass is 479 g/mol. The number of benzene rings is 4. The molecule has 0 aliphatic carbocycles. The molecule has 0 aliphatic heterocycles. The van der Waals surface area contributed by atoms with Gasteiger partial charge >= 0.3 is 0 Å². The number of para-hydroxylation sites is 1. The van der Waals surface area contributed by atoms with Gasteiger partial charge in [0.2, 0.25) is 5.71 Å². The molecule has 0 spiro atoms. The molecule has 4 aromatic carbocycles. The van der Waals surface area contributed by atoms with Crippen molar-refractivity contribution in [1.29, 1.82) is 0 Å². The maximum Gasteiger partial charge on any atom is 0.227 e. The lowest BCUT2D eigenvalue weighted by molar-refractivity contribution is 0.655. The van der Waals surface area contributed by atoms with Gasteiger partial charge in [-0.3, -0.25) is 0 Å². The van der Waals surface area contributed by atoms with Gasteiger partial charge in [-0.1, -0.05) is 54.6 Å². The molecular weight excluding hydrogens is 454 g/mol. The van der Waals surface area contributed by atoms with Gasteiger partial charge in [-0.15, -0.1) is 0 Å². The van der Waals surface area contributed by atoms with E-state index in [1.54, 1.807) is 0 Å². The van der Waals surface area contributed by atoms with E-state index >= 15 is 0 Å². The van der Waals surface area contributed by atoms with Crippen molar-refractivity contribution in [3.05, 3.63) is 101 Å². The van der Waals surface area contributed by atoms with Crippen LogP contribution in [0.4, 0.5) is 0 Å². The highest BCUT2D eigenvalue weighted by molar-refractivity contribution is 6.14. The number of hydrogen-bond donors (Lipinski definition) is 0. The first-order valence-electron chi connectivity index (χ1n) is 12.6. The van der Waals surface area contributed by atoms with E-state index in [2.05, 4.69) is 99.6 Å². The van der Waals surface area contributed by atoms with Gasteiger partial charge in [0, 0.05) is 32.7 Å². The van der Waals surface area contributed by atoms with Crippen molar-refractivity contribution < 1.29 is 4.42 Å². The van der Waals surface area contributed by atoms with Crippen LogP contribution in [0.25, 0.3) is 66.3 Å². The third-order valence-electron chi connectivity index (χ3n) is 7.38. The van der Waals surface area contributed by atoms with Crippen LogP contribution in [0.2, 0.25) is 0 Å². The van der Waals surface area contributed by atoms with E-state index in [1.165, 1.54) is 22.1 Å². The third kappa shape index (κ3) is 3.26. The Morgan fingerprint density at radius 1 is 0.568 bits per heavy atom. The Labute approximate surface area is 214 Å². The lowest BCUT2D eigenvalue weighted by Crippen LogP contribution is -1.96. The van der Waals surface area contributed by atoms with Crippen LogP contribution < -0.4 is 0 Å². The van der Waals surface area contributed by atoms with E-state index in [-0.39, 0.29) is 0 Å². The molecular formula is C33H25N3O. The Morgan fingerprint density at radius 3 is 2.11 bits per heavy atom. The van der Waals surface area contributed by atoms with Crippen LogP contribution in [-0.4, -0.2) is 15.0 Å². The lowest BCUT2D eigenvalue weighted by Gasteiger charge is -2.12. The molecule has 0 unspecified atom stereocenters. The molecule has 3 heterocycles. The summed E-state index contributed by atoms with van der Waals surface area (Å²) < 4.78 is 6.51. The molecule has 4 heteroatoms. The molecule has 178 valence electrons. The van der Waals surface area contributed by atoms with Crippen molar-refractivity contribution in [2.75, 3.05) is 0 Å². The summed E-state index contributed by atoms with van der Waals surface area (Å²) in [6, 6.07) is 27.4. The van der Waals surface area contributed by atoms with Gasteiger partial charge in [-0.2, -0.15) is 0 Å². The number of rotatable bonds is 2. The fourth-order valence-corrected chi connectivity index (χ4v) is 5.68. The minimum absolute atomic E-state index is 0.638. The highest BCUT2D eigenvalue weighted by Crippen LogP contribution is 2.39. The Hall–Kier alpha value is -4.57. The first-order chi connectivity index (χ1) is 18.0. The number of furan rings is 1. The van der Waals surface area contributed by atoms with Crippen LogP contribution in [0, 0.1) is 27.7 Å². The first kappa shape index (κ1) is 21.7. The standard InChI is InChI=1S/C33H25N3O/c1-18-9-7-10-19(2)29(18)28-16-15-25-24-13-8-14-26(32(24)37-33(25)36-28)31-27-17-20(3)22-11-5-6-12-23(22)30(27)34-21(4)35-31/h5-17H,1-4H3. The molecule has 4 nitrogen and oxygen atoms in total. The molecule has 0 atom stereocenters. The van der Waals surface area contributed by atoms with Crippen molar-refractivity contribution in [3.8, 4) is 22.5 Å². The predicted molar refractivity (Wildman–Crippen MR) is 152 cm³/mol. The van der Waals surface area contributed by atoms with E-state index in [4.69, 9.17) is 19.4 Å². The molecule has 0 radical (unpaired) electrons. The average Bonchev–Trinajstić information content (AvgIpc) is 3.27. The molecule has 7 rings (SSSR count). The summed E-state index contributed by atoms with van der Waals surface area (Å²) >= 11 is 0. The first-order valence-corrected chi connectivity index (χ1v) is 12.6. The van der Waals surface area contributed by atoms with Gasteiger partial charge in [0.25, 0.3) is 0 Å². The van der Waals surface area contributed by atoms with Gasteiger partial charge < -0.3 is 4.42 Å². The zero-order valence-corrected chi connectivity index (χ0v) is 21.3. The van der Waals surface area contributed by atoms with E-state index < -0.39 is 0 Å². The topological polar surface area (TPSA) is 51.8 Å². The van der Waals surface area contributed by atoms with Crippen LogP contribution in [0.15, 0.2) is 83.3 Å². The summed E-state index contributed by atoms with van der Waals surface area (Å²) in [5.41, 5.74) is 9.93. The zero-order chi connectivity index (χ0) is 25.3. The Morgan fingerprint density at radius 2 is 1.30 bits per heavy atom. The second-order valence-electron chi connectivity index (χ2n) is 9.85.